The van der Waals surface area contributed by atoms with Crippen LogP contribution in [0.5, 0.6) is 0 Å². The number of fused-ring (bicyclic) bond motifs is 2. The molecular weight excluding hydrogens is 322 g/mol. The lowest BCUT2D eigenvalue weighted by molar-refractivity contribution is -0.0829. The topological polar surface area (TPSA) is 62.6 Å². The van der Waals surface area contributed by atoms with E-state index in [0.717, 1.165) is 13.1 Å². The van der Waals surface area contributed by atoms with E-state index in [1.165, 1.54) is 25.9 Å². The molecule has 1 spiro atoms. The molecule has 106 valence electrons. The Morgan fingerprint density at radius 2 is 2.15 bits per heavy atom. The van der Waals surface area contributed by atoms with Gasteiger partial charge in [-0.2, -0.15) is 0 Å². The fourth-order valence-corrected chi connectivity index (χ4v) is 3.64. The molecule has 4 aliphatic heterocycles. The van der Waals surface area contributed by atoms with Crippen molar-refractivity contribution >= 4 is 27.8 Å². The quantitative estimate of drug-likeness (QED) is 0.841. The zero-order valence-corrected chi connectivity index (χ0v) is 12.6. The number of ether oxygens (including phenoxy) is 1. The van der Waals surface area contributed by atoms with Crippen molar-refractivity contribution in [3.8, 4) is 0 Å². The van der Waals surface area contributed by atoms with Gasteiger partial charge in [0.05, 0.1) is 18.9 Å². The molecule has 0 amide bonds. The lowest BCUT2D eigenvalue weighted by Crippen LogP contribution is -2.61. The van der Waals surface area contributed by atoms with Gasteiger partial charge in [-0.25, -0.2) is 15.0 Å². The molecule has 7 heteroatoms. The standard InChI is InChI=1S/C13H16BrN5O/c14-10-5-16-11(6-15-10)18-12-17-7-13(20-12)8-19-3-1-9(13)2-4-19/h5-6,9H,1-4,7-8H2,(H,16,17,18)/t13-/m0/s1. The van der Waals surface area contributed by atoms with E-state index >= 15 is 0 Å². The highest BCUT2D eigenvalue weighted by Gasteiger charge is 2.51. The second kappa shape index (κ2) is 4.66. The van der Waals surface area contributed by atoms with Crippen molar-refractivity contribution < 1.29 is 4.74 Å². The molecule has 0 saturated carbocycles. The molecule has 3 saturated heterocycles. The first-order valence-electron chi connectivity index (χ1n) is 6.94. The van der Waals surface area contributed by atoms with Crippen molar-refractivity contribution in [2.45, 2.75) is 18.4 Å². The monoisotopic (exact) mass is 337 g/mol. The van der Waals surface area contributed by atoms with Crippen LogP contribution in [0.2, 0.25) is 0 Å². The van der Waals surface area contributed by atoms with Gasteiger partial charge in [-0.3, -0.25) is 10.2 Å². The molecule has 0 aromatic carbocycles. The molecule has 1 atom stereocenters. The second-order valence-electron chi connectivity index (χ2n) is 5.69. The van der Waals surface area contributed by atoms with E-state index in [1.54, 1.807) is 12.4 Å². The number of hydrogen-bond donors (Lipinski definition) is 1. The molecule has 0 radical (unpaired) electrons. The van der Waals surface area contributed by atoms with Gasteiger partial charge in [-0.1, -0.05) is 0 Å². The largest absolute Gasteiger partial charge is 0.455 e. The summed E-state index contributed by atoms with van der Waals surface area (Å²) in [4.78, 5) is 15.4. The summed E-state index contributed by atoms with van der Waals surface area (Å²) in [5.74, 6) is 1.29. The van der Waals surface area contributed by atoms with Gasteiger partial charge in [0.25, 0.3) is 6.02 Å². The first kappa shape index (κ1) is 12.5. The number of aromatic nitrogens is 2. The molecule has 5 heterocycles. The smallest absolute Gasteiger partial charge is 0.291 e. The molecule has 2 bridgehead atoms. The summed E-state index contributed by atoms with van der Waals surface area (Å²) in [6.45, 7) is 4.16. The summed E-state index contributed by atoms with van der Waals surface area (Å²) in [6.07, 6.45) is 5.77. The number of hydrogen-bond acceptors (Lipinski definition) is 6. The number of nitrogens with one attached hydrogen (secondary N) is 1. The van der Waals surface area contributed by atoms with Crippen molar-refractivity contribution in [2.75, 3.05) is 31.5 Å². The number of piperidine rings is 3. The van der Waals surface area contributed by atoms with Gasteiger partial charge in [-0.05, 0) is 41.9 Å². The van der Waals surface area contributed by atoms with Crippen LogP contribution in [0.25, 0.3) is 0 Å². The molecular formula is C13H16BrN5O. The van der Waals surface area contributed by atoms with Gasteiger partial charge in [0, 0.05) is 12.5 Å². The third kappa shape index (κ3) is 2.09. The highest BCUT2D eigenvalue weighted by atomic mass is 79.9. The predicted molar refractivity (Wildman–Crippen MR) is 78.6 cm³/mol. The number of nitrogens with zero attached hydrogens (tertiary/aromatic N) is 4. The Morgan fingerprint density at radius 1 is 1.30 bits per heavy atom. The highest BCUT2D eigenvalue weighted by Crippen LogP contribution is 2.40. The minimum absolute atomic E-state index is 0.109. The average molecular weight is 338 g/mol. The van der Waals surface area contributed by atoms with E-state index in [-0.39, 0.29) is 5.60 Å². The minimum atomic E-state index is -0.109. The minimum Gasteiger partial charge on any atom is -0.455 e. The number of halogens is 1. The Kier molecular flexibility index (Phi) is 2.92. The van der Waals surface area contributed by atoms with E-state index in [0.29, 0.717) is 22.4 Å². The molecule has 3 fully saturated rings. The van der Waals surface area contributed by atoms with Crippen LogP contribution in [0, 0.1) is 5.92 Å². The zero-order chi connectivity index (χ0) is 13.6. The van der Waals surface area contributed by atoms with Crippen LogP contribution in [0.15, 0.2) is 22.0 Å². The van der Waals surface area contributed by atoms with Gasteiger partial charge < -0.3 is 4.74 Å². The summed E-state index contributed by atoms with van der Waals surface area (Å²) < 4.78 is 6.89. The van der Waals surface area contributed by atoms with Crippen molar-refractivity contribution in [1.29, 1.82) is 0 Å². The molecule has 1 N–H and O–H groups in total. The van der Waals surface area contributed by atoms with Crippen LogP contribution in [0.1, 0.15) is 12.8 Å². The van der Waals surface area contributed by atoms with Gasteiger partial charge in [0.2, 0.25) is 0 Å². The summed E-state index contributed by atoms with van der Waals surface area (Å²) in [6, 6.07) is 0.579. The second-order valence-corrected chi connectivity index (χ2v) is 6.50. The molecule has 6 nitrogen and oxygen atoms in total. The molecule has 0 aliphatic carbocycles. The third-order valence-electron chi connectivity index (χ3n) is 4.47. The summed E-state index contributed by atoms with van der Waals surface area (Å²) in [5, 5.41) is 3.11. The Balaban J connectivity index is 1.46. The van der Waals surface area contributed by atoms with E-state index in [1.807, 2.05) is 0 Å². The molecule has 1 aromatic heterocycles. The van der Waals surface area contributed by atoms with Crippen LogP contribution in [0.4, 0.5) is 5.82 Å². The van der Waals surface area contributed by atoms with Crippen molar-refractivity contribution in [1.82, 2.24) is 14.9 Å². The number of anilines is 1. The summed E-state index contributed by atoms with van der Waals surface area (Å²) >= 11 is 3.27. The van der Waals surface area contributed by atoms with Crippen molar-refractivity contribution in [3.05, 3.63) is 17.0 Å². The Labute approximate surface area is 125 Å². The summed E-state index contributed by atoms with van der Waals surface area (Å²) in [5.41, 5.74) is -0.109. The first-order chi connectivity index (χ1) is 9.73. The molecule has 5 rings (SSSR count). The van der Waals surface area contributed by atoms with Crippen LogP contribution < -0.4 is 5.32 Å². The van der Waals surface area contributed by atoms with Gasteiger partial charge >= 0.3 is 0 Å². The van der Waals surface area contributed by atoms with E-state index in [4.69, 9.17) is 4.74 Å². The maximum absolute atomic E-state index is 6.18. The van der Waals surface area contributed by atoms with Gasteiger partial charge in [-0.15, -0.1) is 0 Å². The fourth-order valence-electron chi connectivity index (χ4n) is 3.43. The predicted octanol–water partition coefficient (Wildman–Crippen LogP) is 1.50. The Hall–Kier alpha value is -1.21. The van der Waals surface area contributed by atoms with Crippen LogP contribution in [-0.2, 0) is 4.74 Å². The maximum atomic E-state index is 6.18. The van der Waals surface area contributed by atoms with Gasteiger partial charge in [0.15, 0.2) is 5.82 Å². The van der Waals surface area contributed by atoms with Crippen LogP contribution in [0.3, 0.4) is 0 Å². The van der Waals surface area contributed by atoms with Gasteiger partial charge in [0.1, 0.15) is 10.2 Å². The maximum Gasteiger partial charge on any atom is 0.291 e. The lowest BCUT2D eigenvalue weighted by Gasteiger charge is -2.50. The highest BCUT2D eigenvalue weighted by molar-refractivity contribution is 9.10. The number of amidine groups is 1. The molecule has 1 aromatic rings. The first-order valence-corrected chi connectivity index (χ1v) is 7.73. The Bertz CT molecular complexity index is 540. The fraction of sp³-hybridized carbons (Fsp3) is 0.615. The third-order valence-corrected chi connectivity index (χ3v) is 4.88. The summed E-state index contributed by atoms with van der Waals surface area (Å²) in [7, 11) is 0. The number of rotatable bonds is 1. The van der Waals surface area contributed by atoms with E-state index in [9.17, 15) is 0 Å². The number of aliphatic imine (C=N–C) groups is 1. The van der Waals surface area contributed by atoms with E-state index in [2.05, 4.69) is 41.1 Å². The average Bonchev–Trinajstić information content (AvgIpc) is 2.85. The molecule has 20 heavy (non-hydrogen) atoms. The van der Waals surface area contributed by atoms with Crippen LogP contribution >= 0.6 is 15.9 Å². The molecule has 0 unspecified atom stereocenters. The lowest BCUT2D eigenvalue weighted by atomic mass is 9.75. The molecule has 4 aliphatic rings. The normalized spacial score (nSPS) is 35.0. The zero-order valence-electron chi connectivity index (χ0n) is 11.0. The van der Waals surface area contributed by atoms with Crippen molar-refractivity contribution in [2.24, 2.45) is 10.9 Å². The SMILES string of the molecule is Brc1cnc(NC2=NC[C@@]3(CN4CCC3CC4)O2)cn1. The van der Waals surface area contributed by atoms with E-state index < -0.39 is 0 Å². The van der Waals surface area contributed by atoms with Crippen LogP contribution in [-0.4, -0.2) is 52.7 Å². The Morgan fingerprint density at radius 3 is 2.80 bits per heavy atom. The van der Waals surface area contributed by atoms with Crippen molar-refractivity contribution in [3.63, 3.8) is 0 Å².